The fourth-order valence-electron chi connectivity index (χ4n) is 2.26. The Labute approximate surface area is 103 Å². The monoisotopic (exact) mass is 238 g/mol. The van der Waals surface area contributed by atoms with Crippen LogP contribution in [0.25, 0.3) is 0 Å². The number of hydrogen-bond donors (Lipinski definition) is 1. The number of hydrogen-bond acceptors (Lipinski definition) is 5. The van der Waals surface area contributed by atoms with E-state index in [1.165, 1.54) is 19.4 Å². The highest BCUT2D eigenvalue weighted by Gasteiger charge is 2.23. The van der Waals surface area contributed by atoms with Crippen LogP contribution in [0.4, 0.5) is 0 Å². The van der Waals surface area contributed by atoms with Crippen molar-refractivity contribution in [2.75, 3.05) is 27.2 Å². The standard InChI is InChI=1S/C12H22N4O/c1-9(13-2)7-11-14-12(15-17-11)10-5-4-6-16(3)8-10/h9-10,13H,4-8H2,1-3H3. The quantitative estimate of drug-likeness (QED) is 0.849. The number of piperidine rings is 1. The summed E-state index contributed by atoms with van der Waals surface area (Å²) in [5.41, 5.74) is 0. The molecule has 0 aliphatic carbocycles. The van der Waals surface area contributed by atoms with Crippen LogP contribution in [0.3, 0.4) is 0 Å². The van der Waals surface area contributed by atoms with E-state index in [0.717, 1.165) is 24.7 Å². The van der Waals surface area contributed by atoms with E-state index in [4.69, 9.17) is 4.52 Å². The molecule has 96 valence electrons. The van der Waals surface area contributed by atoms with Crippen LogP contribution in [0.15, 0.2) is 4.52 Å². The van der Waals surface area contributed by atoms with Gasteiger partial charge in [-0.25, -0.2) is 0 Å². The molecule has 5 heteroatoms. The van der Waals surface area contributed by atoms with Gasteiger partial charge in [-0.3, -0.25) is 0 Å². The fraction of sp³-hybridized carbons (Fsp3) is 0.833. The van der Waals surface area contributed by atoms with Crippen molar-refractivity contribution in [2.24, 2.45) is 0 Å². The molecule has 0 amide bonds. The molecule has 1 fully saturated rings. The van der Waals surface area contributed by atoms with Crippen molar-refractivity contribution in [1.82, 2.24) is 20.4 Å². The molecule has 0 radical (unpaired) electrons. The van der Waals surface area contributed by atoms with Gasteiger partial charge in [-0.2, -0.15) is 4.98 Å². The van der Waals surface area contributed by atoms with Crippen molar-refractivity contribution in [3.63, 3.8) is 0 Å². The van der Waals surface area contributed by atoms with Gasteiger partial charge in [0.05, 0.1) is 0 Å². The van der Waals surface area contributed by atoms with Gasteiger partial charge in [0.2, 0.25) is 5.89 Å². The number of likely N-dealkylation sites (N-methyl/N-ethyl adjacent to an activating group) is 2. The van der Waals surface area contributed by atoms with Gasteiger partial charge in [0.15, 0.2) is 5.82 Å². The molecule has 17 heavy (non-hydrogen) atoms. The number of rotatable bonds is 4. The summed E-state index contributed by atoms with van der Waals surface area (Å²) in [6, 6.07) is 0.373. The molecular weight excluding hydrogens is 216 g/mol. The summed E-state index contributed by atoms with van der Waals surface area (Å²) in [5, 5.41) is 7.29. The van der Waals surface area contributed by atoms with Gasteiger partial charge in [0, 0.05) is 24.9 Å². The zero-order valence-electron chi connectivity index (χ0n) is 10.9. The van der Waals surface area contributed by atoms with E-state index in [2.05, 4.69) is 34.3 Å². The average molecular weight is 238 g/mol. The minimum Gasteiger partial charge on any atom is -0.339 e. The molecule has 1 saturated heterocycles. The second-order valence-corrected chi connectivity index (χ2v) is 5.04. The number of likely N-dealkylation sites (tertiary alicyclic amines) is 1. The van der Waals surface area contributed by atoms with Gasteiger partial charge in [-0.1, -0.05) is 5.16 Å². The lowest BCUT2D eigenvalue weighted by molar-refractivity contribution is 0.242. The molecular formula is C12H22N4O. The predicted molar refractivity (Wildman–Crippen MR) is 66.0 cm³/mol. The SMILES string of the molecule is CNC(C)Cc1nc(C2CCCN(C)C2)no1. The van der Waals surface area contributed by atoms with E-state index in [0.29, 0.717) is 12.0 Å². The van der Waals surface area contributed by atoms with Crippen LogP contribution >= 0.6 is 0 Å². The maximum Gasteiger partial charge on any atom is 0.228 e. The highest BCUT2D eigenvalue weighted by molar-refractivity contribution is 4.99. The Morgan fingerprint density at radius 3 is 3.12 bits per heavy atom. The lowest BCUT2D eigenvalue weighted by atomic mass is 9.98. The summed E-state index contributed by atoms with van der Waals surface area (Å²) >= 11 is 0. The average Bonchev–Trinajstić information content (AvgIpc) is 2.77. The van der Waals surface area contributed by atoms with Gasteiger partial charge in [-0.05, 0) is 40.4 Å². The van der Waals surface area contributed by atoms with E-state index in [1.807, 2.05) is 7.05 Å². The molecule has 2 heterocycles. The Bertz CT molecular complexity index is 352. The smallest absolute Gasteiger partial charge is 0.228 e. The van der Waals surface area contributed by atoms with Gasteiger partial charge >= 0.3 is 0 Å². The van der Waals surface area contributed by atoms with Crippen LogP contribution in [-0.4, -0.2) is 48.3 Å². The molecule has 2 atom stereocenters. The van der Waals surface area contributed by atoms with Crippen LogP contribution in [0.1, 0.15) is 37.4 Å². The summed E-state index contributed by atoms with van der Waals surface area (Å²) in [7, 11) is 4.09. The van der Waals surface area contributed by atoms with E-state index < -0.39 is 0 Å². The molecule has 1 aliphatic rings. The molecule has 0 spiro atoms. The number of nitrogens with zero attached hydrogens (tertiary/aromatic N) is 3. The van der Waals surface area contributed by atoms with Gasteiger partial charge in [0.25, 0.3) is 0 Å². The van der Waals surface area contributed by atoms with Crippen LogP contribution in [0.5, 0.6) is 0 Å². The van der Waals surface area contributed by atoms with Gasteiger partial charge in [0.1, 0.15) is 0 Å². The Hall–Kier alpha value is -0.940. The highest BCUT2D eigenvalue weighted by Crippen LogP contribution is 2.23. The number of aromatic nitrogens is 2. The number of nitrogens with one attached hydrogen (secondary N) is 1. The maximum absolute atomic E-state index is 5.31. The molecule has 0 saturated carbocycles. The summed E-state index contributed by atoms with van der Waals surface area (Å²) in [4.78, 5) is 6.85. The molecule has 1 aliphatic heterocycles. The lowest BCUT2D eigenvalue weighted by Crippen LogP contribution is -2.31. The zero-order chi connectivity index (χ0) is 12.3. The fourth-order valence-corrected chi connectivity index (χ4v) is 2.26. The van der Waals surface area contributed by atoms with Crippen LogP contribution in [-0.2, 0) is 6.42 Å². The van der Waals surface area contributed by atoms with Gasteiger partial charge in [-0.15, -0.1) is 0 Å². The van der Waals surface area contributed by atoms with E-state index in [1.54, 1.807) is 0 Å². The minimum atomic E-state index is 0.373. The lowest BCUT2D eigenvalue weighted by Gasteiger charge is -2.27. The topological polar surface area (TPSA) is 54.2 Å². The first-order valence-electron chi connectivity index (χ1n) is 6.37. The first kappa shape index (κ1) is 12.5. The first-order chi connectivity index (χ1) is 8.19. The first-order valence-corrected chi connectivity index (χ1v) is 6.37. The molecule has 1 N–H and O–H groups in total. The Morgan fingerprint density at radius 1 is 1.59 bits per heavy atom. The van der Waals surface area contributed by atoms with Crippen molar-refractivity contribution in [1.29, 1.82) is 0 Å². The molecule has 0 bridgehead atoms. The van der Waals surface area contributed by atoms with Crippen molar-refractivity contribution < 1.29 is 4.52 Å². The van der Waals surface area contributed by atoms with Crippen molar-refractivity contribution in [3.05, 3.63) is 11.7 Å². The second kappa shape index (κ2) is 5.60. The molecule has 0 aromatic carbocycles. The van der Waals surface area contributed by atoms with E-state index in [9.17, 15) is 0 Å². The molecule has 2 unspecified atom stereocenters. The van der Waals surface area contributed by atoms with Crippen LogP contribution in [0.2, 0.25) is 0 Å². The summed E-state index contributed by atoms with van der Waals surface area (Å²) < 4.78 is 5.31. The summed E-state index contributed by atoms with van der Waals surface area (Å²) in [6.07, 6.45) is 3.19. The Balaban J connectivity index is 1.97. The normalized spacial score (nSPS) is 23.8. The molecule has 1 aromatic heterocycles. The van der Waals surface area contributed by atoms with Crippen molar-refractivity contribution in [3.8, 4) is 0 Å². The van der Waals surface area contributed by atoms with Crippen molar-refractivity contribution >= 4 is 0 Å². The summed E-state index contributed by atoms with van der Waals surface area (Å²) in [6.45, 7) is 4.33. The Morgan fingerprint density at radius 2 is 2.41 bits per heavy atom. The van der Waals surface area contributed by atoms with Crippen LogP contribution < -0.4 is 5.32 Å². The molecule has 1 aromatic rings. The van der Waals surface area contributed by atoms with Crippen molar-refractivity contribution in [2.45, 2.75) is 38.1 Å². The van der Waals surface area contributed by atoms with Crippen LogP contribution in [0, 0.1) is 0 Å². The van der Waals surface area contributed by atoms with E-state index in [-0.39, 0.29) is 0 Å². The molecule has 2 rings (SSSR count). The summed E-state index contributed by atoms with van der Waals surface area (Å²) in [5.74, 6) is 2.07. The third kappa shape index (κ3) is 3.26. The minimum absolute atomic E-state index is 0.373. The largest absolute Gasteiger partial charge is 0.339 e. The third-order valence-electron chi connectivity index (χ3n) is 3.45. The zero-order valence-corrected chi connectivity index (χ0v) is 10.9. The van der Waals surface area contributed by atoms with Gasteiger partial charge < -0.3 is 14.7 Å². The predicted octanol–water partition coefficient (Wildman–Crippen LogP) is 1.03. The Kier molecular flexibility index (Phi) is 4.12. The molecule has 5 nitrogen and oxygen atoms in total. The second-order valence-electron chi connectivity index (χ2n) is 5.04. The third-order valence-corrected chi connectivity index (χ3v) is 3.45. The van der Waals surface area contributed by atoms with E-state index >= 15 is 0 Å². The highest BCUT2D eigenvalue weighted by atomic mass is 16.5. The maximum atomic E-state index is 5.31.